The van der Waals surface area contributed by atoms with E-state index in [1.807, 2.05) is 13.0 Å². The third-order valence-electron chi connectivity index (χ3n) is 4.53. The maximum atomic E-state index is 12.3. The van der Waals surface area contributed by atoms with Crippen molar-refractivity contribution in [1.29, 1.82) is 0 Å². The van der Waals surface area contributed by atoms with Crippen LogP contribution >= 0.6 is 11.6 Å². The molecule has 0 unspecified atom stereocenters. The van der Waals surface area contributed by atoms with Crippen molar-refractivity contribution in [2.24, 2.45) is 5.92 Å². The number of carbonyl (C=O) groups is 1. The summed E-state index contributed by atoms with van der Waals surface area (Å²) in [4.78, 5) is 17.3. The number of amides is 1. The molecule has 1 heterocycles. The molecule has 0 radical (unpaired) electrons. The van der Waals surface area contributed by atoms with Crippen LogP contribution in [0.5, 0.6) is 0 Å². The van der Waals surface area contributed by atoms with E-state index in [2.05, 4.69) is 29.0 Å². The lowest BCUT2D eigenvalue weighted by atomic mass is 10.1. The summed E-state index contributed by atoms with van der Waals surface area (Å²) in [7, 11) is 0. The van der Waals surface area contributed by atoms with Crippen LogP contribution in [0.4, 0.5) is 0 Å². The molecule has 1 aromatic rings. The SMILES string of the molecule is CCN1CCN(C[C@@H](C)CNC(=O)c2ccc(Cl)cc2C)CC1. The normalized spacial score (nSPS) is 17.9. The summed E-state index contributed by atoms with van der Waals surface area (Å²) >= 11 is 5.94. The molecule has 1 fully saturated rings. The van der Waals surface area contributed by atoms with Crippen molar-refractivity contribution in [3.8, 4) is 0 Å². The minimum Gasteiger partial charge on any atom is -0.352 e. The Balaban J connectivity index is 1.75. The van der Waals surface area contributed by atoms with Crippen molar-refractivity contribution in [1.82, 2.24) is 15.1 Å². The highest BCUT2D eigenvalue weighted by Crippen LogP contribution is 2.15. The third kappa shape index (κ3) is 5.48. The van der Waals surface area contributed by atoms with Gasteiger partial charge in [0.1, 0.15) is 0 Å². The fraction of sp³-hybridized carbons (Fsp3) is 0.611. The molecule has 0 saturated carbocycles. The van der Waals surface area contributed by atoms with Crippen molar-refractivity contribution in [3.63, 3.8) is 0 Å². The largest absolute Gasteiger partial charge is 0.352 e. The van der Waals surface area contributed by atoms with Gasteiger partial charge in [-0.3, -0.25) is 4.79 Å². The number of hydrogen-bond donors (Lipinski definition) is 1. The molecule has 5 heteroatoms. The number of nitrogens with one attached hydrogen (secondary N) is 1. The summed E-state index contributed by atoms with van der Waals surface area (Å²) in [6.07, 6.45) is 0. The first-order valence-corrected chi connectivity index (χ1v) is 8.86. The lowest BCUT2D eigenvalue weighted by molar-refractivity contribution is 0.0933. The molecule has 0 bridgehead atoms. The van der Waals surface area contributed by atoms with E-state index in [0.29, 0.717) is 23.0 Å². The van der Waals surface area contributed by atoms with Gasteiger partial charge in [-0.2, -0.15) is 0 Å². The first-order chi connectivity index (χ1) is 11.0. The molecular formula is C18H28ClN3O. The molecule has 1 aliphatic rings. The summed E-state index contributed by atoms with van der Waals surface area (Å²) in [5.41, 5.74) is 1.62. The van der Waals surface area contributed by atoms with Gasteiger partial charge in [0.2, 0.25) is 0 Å². The van der Waals surface area contributed by atoms with Crippen LogP contribution in [-0.2, 0) is 0 Å². The van der Waals surface area contributed by atoms with Crippen LogP contribution in [0.1, 0.15) is 29.8 Å². The predicted molar refractivity (Wildman–Crippen MR) is 96.2 cm³/mol. The summed E-state index contributed by atoms with van der Waals surface area (Å²) < 4.78 is 0. The highest BCUT2D eigenvalue weighted by atomic mass is 35.5. The minimum absolute atomic E-state index is 0.0122. The van der Waals surface area contributed by atoms with E-state index in [0.717, 1.165) is 44.8 Å². The fourth-order valence-corrected chi connectivity index (χ4v) is 3.26. The Bertz CT molecular complexity index is 527. The standard InChI is InChI=1S/C18H28ClN3O/c1-4-21-7-9-22(10-8-21)13-14(2)12-20-18(23)17-6-5-16(19)11-15(17)3/h5-6,11,14H,4,7-10,12-13H2,1-3H3,(H,20,23)/t14-/m0/s1. The zero-order valence-corrected chi connectivity index (χ0v) is 15.2. The Morgan fingerprint density at radius 3 is 2.52 bits per heavy atom. The van der Waals surface area contributed by atoms with Crippen molar-refractivity contribution in [2.75, 3.05) is 45.8 Å². The van der Waals surface area contributed by atoms with Crippen molar-refractivity contribution in [2.45, 2.75) is 20.8 Å². The number of likely N-dealkylation sites (N-methyl/N-ethyl adjacent to an activating group) is 1. The van der Waals surface area contributed by atoms with Gasteiger partial charge >= 0.3 is 0 Å². The van der Waals surface area contributed by atoms with Gasteiger partial charge in [-0.25, -0.2) is 0 Å². The molecule has 23 heavy (non-hydrogen) atoms. The molecule has 1 atom stereocenters. The Kier molecular flexibility index (Phi) is 6.88. The lowest BCUT2D eigenvalue weighted by Gasteiger charge is -2.35. The first-order valence-electron chi connectivity index (χ1n) is 8.48. The highest BCUT2D eigenvalue weighted by Gasteiger charge is 2.18. The number of rotatable bonds is 6. The van der Waals surface area contributed by atoms with Crippen LogP contribution in [0, 0.1) is 12.8 Å². The number of carbonyl (C=O) groups excluding carboxylic acids is 1. The smallest absolute Gasteiger partial charge is 0.251 e. The van der Waals surface area contributed by atoms with Gasteiger partial charge in [0.05, 0.1) is 0 Å². The molecule has 2 rings (SSSR count). The average molecular weight is 338 g/mol. The van der Waals surface area contributed by atoms with Gasteiger partial charge in [-0.15, -0.1) is 0 Å². The number of benzene rings is 1. The Morgan fingerprint density at radius 1 is 1.26 bits per heavy atom. The van der Waals surface area contributed by atoms with Crippen molar-refractivity contribution >= 4 is 17.5 Å². The molecule has 1 saturated heterocycles. The minimum atomic E-state index is -0.0122. The fourth-order valence-electron chi connectivity index (χ4n) is 3.04. The molecule has 0 spiro atoms. The zero-order chi connectivity index (χ0) is 16.8. The van der Waals surface area contributed by atoms with E-state index in [1.165, 1.54) is 0 Å². The van der Waals surface area contributed by atoms with E-state index in [4.69, 9.17) is 11.6 Å². The van der Waals surface area contributed by atoms with Crippen molar-refractivity contribution in [3.05, 3.63) is 34.3 Å². The average Bonchev–Trinajstić information content (AvgIpc) is 2.53. The van der Waals surface area contributed by atoms with Gasteiger partial charge in [0.25, 0.3) is 5.91 Å². The highest BCUT2D eigenvalue weighted by molar-refractivity contribution is 6.30. The van der Waals surface area contributed by atoms with E-state index in [-0.39, 0.29) is 5.91 Å². The molecular weight excluding hydrogens is 310 g/mol. The van der Waals surface area contributed by atoms with Gasteiger partial charge in [0.15, 0.2) is 0 Å². The second kappa shape index (κ2) is 8.67. The van der Waals surface area contributed by atoms with Crippen LogP contribution in [0.15, 0.2) is 18.2 Å². The first kappa shape index (κ1) is 18.2. The zero-order valence-electron chi connectivity index (χ0n) is 14.4. The number of hydrogen-bond acceptors (Lipinski definition) is 3. The summed E-state index contributed by atoms with van der Waals surface area (Å²) in [5, 5.41) is 3.71. The van der Waals surface area contributed by atoms with Crippen molar-refractivity contribution < 1.29 is 4.79 Å². The Hall–Kier alpha value is -1.10. The second-order valence-electron chi connectivity index (χ2n) is 6.51. The van der Waals surface area contributed by atoms with E-state index in [1.54, 1.807) is 12.1 Å². The van der Waals surface area contributed by atoms with Gasteiger partial charge in [0, 0.05) is 49.9 Å². The molecule has 1 N–H and O–H groups in total. The van der Waals surface area contributed by atoms with Crippen LogP contribution in [0.2, 0.25) is 5.02 Å². The van der Waals surface area contributed by atoms with E-state index >= 15 is 0 Å². The molecule has 0 aromatic heterocycles. The molecule has 128 valence electrons. The van der Waals surface area contributed by atoms with E-state index in [9.17, 15) is 4.79 Å². The maximum Gasteiger partial charge on any atom is 0.251 e. The van der Waals surface area contributed by atoms with Gasteiger partial charge < -0.3 is 15.1 Å². The number of nitrogens with zero attached hydrogens (tertiary/aromatic N) is 2. The molecule has 1 amide bonds. The van der Waals surface area contributed by atoms with Gasteiger partial charge in [-0.05, 0) is 43.1 Å². The monoisotopic (exact) mass is 337 g/mol. The Labute approximate surface area is 144 Å². The lowest BCUT2D eigenvalue weighted by Crippen LogP contribution is -2.48. The third-order valence-corrected chi connectivity index (χ3v) is 4.76. The summed E-state index contributed by atoms with van der Waals surface area (Å²) in [6, 6.07) is 5.38. The van der Waals surface area contributed by atoms with E-state index < -0.39 is 0 Å². The summed E-state index contributed by atoms with van der Waals surface area (Å²) in [5.74, 6) is 0.432. The van der Waals surface area contributed by atoms with Crippen LogP contribution < -0.4 is 5.32 Å². The summed E-state index contributed by atoms with van der Waals surface area (Å²) in [6.45, 7) is 13.8. The molecule has 1 aliphatic heterocycles. The number of piperazine rings is 1. The topological polar surface area (TPSA) is 35.6 Å². The van der Waals surface area contributed by atoms with Crippen LogP contribution in [0.3, 0.4) is 0 Å². The van der Waals surface area contributed by atoms with Crippen LogP contribution in [0.25, 0.3) is 0 Å². The predicted octanol–water partition coefficient (Wildman–Crippen LogP) is 2.65. The Morgan fingerprint density at radius 2 is 1.91 bits per heavy atom. The second-order valence-corrected chi connectivity index (χ2v) is 6.95. The number of halogens is 1. The molecule has 1 aromatic carbocycles. The molecule has 4 nitrogen and oxygen atoms in total. The maximum absolute atomic E-state index is 12.3. The van der Waals surface area contributed by atoms with Crippen LogP contribution in [-0.4, -0.2) is 61.5 Å². The quantitative estimate of drug-likeness (QED) is 0.866. The van der Waals surface area contributed by atoms with Gasteiger partial charge in [-0.1, -0.05) is 25.4 Å². The molecule has 0 aliphatic carbocycles. The number of aryl methyl sites for hydroxylation is 1.